The minimum absolute atomic E-state index is 0.0510. The zero-order valence-corrected chi connectivity index (χ0v) is 16.5. The summed E-state index contributed by atoms with van der Waals surface area (Å²) >= 11 is 0. The van der Waals surface area contributed by atoms with E-state index in [1.165, 1.54) is 28.6 Å². The summed E-state index contributed by atoms with van der Waals surface area (Å²) in [7, 11) is -3.74. The molecule has 9 heteroatoms. The molecule has 1 saturated heterocycles. The molecule has 1 aliphatic rings. The van der Waals surface area contributed by atoms with Crippen molar-refractivity contribution in [2.24, 2.45) is 5.92 Å². The molecule has 0 bridgehead atoms. The Morgan fingerprint density at radius 1 is 1.30 bits per heavy atom. The number of benzene rings is 1. The van der Waals surface area contributed by atoms with Crippen LogP contribution in [0.1, 0.15) is 37.6 Å². The molecule has 3 atom stereocenters. The van der Waals surface area contributed by atoms with Crippen LogP contribution >= 0.6 is 0 Å². The van der Waals surface area contributed by atoms with Gasteiger partial charge in [-0.2, -0.15) is 4.31 Å². The maximum absolute atomic E-state index is 12.9. The lowest BCUT2D eigenvalue weighted by Crippen LogP contribution is -2.48. The number of nitrogens with one attached hydrogen (secondary N) is 1. The van der Waals surface area contributed by atoms with E-state index in [2.05, 4.69) is 5.32 Å². The number of sulfonamides is 1. The van der Waals surface area contributed by atoms with Gasteiger partial charge in [-0.15, -0.1) is 0 Å². The maximum atomic E-state index is 12.9. The van der Waals surface area contributed by atoms with Crippen LogP contribution in [0.4, 0.5) is 0 Å². The molecule has 0 aromatic heterocycles. The standard InChI is InChI=1S/C18H26N2O6S/c1-12(7-17(21)22)9-19-18(23)15-5-4-6-16(8-15)27(24,25)20-10-13(2)26-14(3)11-20/h4-6,8,12-14H,7,9-11H2,1-3H3,(H,19,23)(H,21,22). The average molecular weight is 398 g/mol. The summed E-state index contributed by atoms with van der Waals surface area (Å²) in [6.07, 6.45) is -0.460. The van der Waals surface area contributed by atoms with E-state index in [1.807, 2.05) is 13.8 Å². The molecule has 27 heavy (non-hydrogen) atoms. The third kappa shape index (κ3) is 5.75. The van der Waals surface area contributed by atoms with Gasteiger partial charge in [0.05, 0.1) is 17.1 Å². The zero-order chi connectivity index (χ0) is 20.2. The molecule has 3 unspecified atom stereocenters. The van der Waals surface area contributed by atoms with E-state index in [0.29, 0.717) is 0 Å². The molecule has 1 aromatic rings. The van der Waals surface area contributed by atoms with Crippen molar-refractivity contribution in [3.05, 3.63) is 29.8 Å². The van der Waals surface area contributed by atoms with Crippen LogP contribution in [-0.2, 0) is 19.6 Å². The first kappa shape index (κ1) is 21.3. The highest BCUT2D eigenvalue weighted by atomic mass is 32.2. The molecule has 0 spiro atoms. The minimum atomic E-state index is -3.74. The molecular formula is C18H26N2O6S. The van der Waals surface area contributed by atoms with Gasteiger partial charge in [0.2, 0.25) is 10.0 Å². The normalized spacial score (nSPS) is 22.2. The zero-order valence-electron chi connectivity index (χ0n) is 15.7. The first-order valence-corrected chi connectivity index (χ1v) is 10.3. The van der Waals surface area contributed by atoms with Crippen LogP contribution in [-0.4, -0.2) is 61.5 Å². The Labute approximate surface area is 159 Å². The van der Waals surface area contributed by atoms with Gasteiger partial charge in [-0.05, 0) is 38.0 Å². The lowest BCUT2D eigenvalue weighted by molar-refractivity contribution is -0.137. The monoisotopic (exact) mass is 398 g/mol. The van der Waals surface area contributed by atoms with E-state index in [0.717, 1.165) is 0 Å². The lowest BCUT2D eigenvalue weighted by Gasteiger charge is -2.34. The molecule has 0 radical (unpaired) electrons. The largest absolute Gasteiger partial charge is 0.481 e. The summed E-state index contributed by atoms with van der Waals surface area (Å²) in [6.45, 7) is 6.07. The Balaban J connectivity index is 2.11. The first-order chi connectivity index (χ1) is 12.6. The third-order valence-corrected chi connectivity index (χ3v) is 6.08. The van der Waals surface area contributed by atoms with Gasteiger partial charge in [-0.1, -0.05) is 13.0 Å². The number of morpholine rings is 1. The molecular weight excluding hydrogens is 372 g/mol. The summed E-state index contributed by atoms with van der Waals surface area (Å²) < 4.78 is 32.8. The Hall–Kier alpha value is -1.97. The van der Waals surface area contributed by atoms with E-state index < -0.39 is 21.9 Å². The highest BCUT2D eigenvalue weighted by Gasteiger charge is 2.32. The van der Waals surface area contributed by atoms with Gasteiger partial charge in [-0.25, -0.2) is 8.42 Å². The molecule has 0 aliphatic carbocycles. The molecule has 1 aromatic carbocycles. The second kappa shape index (κ2) is 8.81. The number of hydrogen-bond acceptors (Lipinski definition) is 5. The Morgan fingerprint density at radius 2 is 1.93 bits per heavy atom. The number of amides is 1. The number of ether oxygens (including phenoxy) is 1. The second-order valence-electron chi connectivity index (χ2n) is 7.02. The predicted octanol–water partition coefficient (Wildman–Crippen LogP) is 1.33. The third-order valence-electron chi connectivity index (χ3n) is 4.25. The molecule has 8 nitrogen and oxygen atoms in total. The van der Waals surface area contributed by atoms with Gasteiger partial charge in [0.15, 0.2) is 0 Å². The Kier molecular flexibility index (Phi) is 6.96. The fourth-order valence-corrected chi connectivity index (χ4v) is 4.65. The van der Waals surface area contributed by atoms with Crippen molar-refractivity contribution in [2.45, 2.75) is 44.3 Å². The summed E-state index contributed by atoms with van der Waals surface area (Å²) in [5, 5.41) is 11.4. The van der Waals surface area contributed by atoms with Crippen LogP contribution < -0.4 is 5.32 Å². The van der Waals surface area contributed by atoms with Gasteiger partial charge in [-0.3, -0.25) is 9.59 Å². The summed E-state index contributed by atoms with van der Waals surface area (Å²) in [5.41, 5.74) is 0.216. The molecule has 1 aliphatic heterocycles. The van der Waals surface area contributed by atoms with E-state index in [9.17, 15) is 18.0 Å². The smallest absolute Gasteiger partial charge is 0.303 e. The predicted molar refractivity (Wildman–Crippen MR) is 99.0 cm³/mol. The van der Waals surface area contributed by atoms with Crippen molar-refractivity contribution in [1.29, 1.82) is 0 Å². The Morgan fingerprint density at radius 3 is 2.52 bits per heavy atom. The van der Waals surface area contributed by atoms with Gasteiger partial charge >= 0.3 is 5.97 Å². The van der Waals surface area contributed by atoms with Crippen molar-refractivity contribution in [3.63, 3.8) is 0 Å². The van der Waals surface area contributed by atoms with Gasteiger partial charge < -0.3 is 15.2 Å². The van der Waals surface area contributed by atoms with Crippen LogP contribution in [0, 0.1) is 5.92 Å². The number of rotatable bonds is 7. The summed E-state index contributed by atoms with van der Waals surface area (Å²) in [6, 6.07) is 5.86. The number of carboxylic acid groups (broad SMARTS) is 1. The van der Waals surface area contributed by atoms with Crippen molar-refractivity contribution in [2.75, 3.05) is 19.6 Å². The molecule has 1 fully saturated rings. The molecule has 0 saturated carbocycles. The van der Waals surface area contributed by atoms with Crippen molar-refractivity contribution in [1.82, 2.24) is 9.62 Å². The highest BCUT2D eigenvalue weighted by Crippen LogP contribution is 2.22. The molecule has 1 heterocycles. The van der Waals surface area contributed by atoms with Gasteiger partial charge in [0.25, 0.3) is 5.91 Å². The van der Waals surface area contributed by atoms with Gasteiger partial charge in [0, 0.05) is 31.6 Å². The summed E-state index contributed by atoms with van der Waals surface area (Å²) in [5.74, 6) is -1.60. The number of carbonyl (C=O) groups excluding carboxylic acids is 1. The molecule has 2 rings (SSSR count). The van der Waals surface area contributed by atoms with Crippen molar-refractivity contribution < 1.29 is 27.9 Å². The quantitative estimate of drug-likeness (QED) is 0.716. The minimum Gasteiger partial charge on any atom is -0.481 e. The van der Waals surface area contributed by atoms with Crippen molar-refractivity contribution in [3.8, 4) is 0 Å². The molecule has 2 N–H and O–H groups in total. The van der Waals surface area contributed by atoms with Crippen LogP contribution in [0.3, 0.4) is 0 Å². The molecule has 150 valence electrons. The average Bonchev–Trinajstić information content (AvgIpc) is 2.58. The SMILES string of the molecule is CC(CNC(=O)c1cccc(S(=O)(=O)N2CC(C)OC(C)C2)c1)CC(=O)O. The van der Waals surface area contributed by atoms with Crippen LogP contribution in [0.5, 0.6) is 0 Å². The second-order valence-corrected chi connectivity index (χ2v) is 8.96. The van der Waals surface area contributed by atoms with Crippen LogP contribution in [0.15, 0.2) is 29.2 Å². The van der Waals surface area contributed by atoms with Gasteiger partial charge in [0.1, 0.15) is 0 Å². The molecule has 1 amide bonds. The van der Waals surface area contributed by atoms with Crippen LogP contribution in [0.25, 0.3) is 0 Å². The summed E-state index contributed by atoms with van der Waals surface area (Å²) in [4.78, 5) is 23.0. The number of carbonyl (C=O) groups is 2. The van der Waals surface area contributed by atoms with E-state index >= 15 is 0 Å². The highest BCUT2D eigenvalue weighted by molar-refractivity contribution is 7.89. The number of aliphatic carboxylic acids is 1. The topological polar surface area (TPSA) is 113 Å². The number of carboxylic acids is 1. The Bertz CT molecular complexity index is 785. The van der Waals surface area contributed by atoms with E-state index in [1.54, 1.807) is 6.92 Å². The lowest BCUT2D eigenvalue weighted by atomic mass is 10.1. The number of hydrogen-bond donors (Lipinski definition) is 2. The fourth-order valence-electron chi connectivity index (χ4n) is 3.01. The van der Waals surface area contributed by atoms with E-state index in [-0.39, 0.29) is 54.6 Å². The van der Waals surface area contributed by atoms with Crippen molar-refractivity contribution >= 4 is 21.9 Å². The fraction of sp³-hybridized carbons (Fsp3) is 0.556. The number of nitrogens with zero attached hydrogens (tertiary/aromatic N) is 1. The first-order valence-electron chi connectivity index (χ1n) is 8.85. The van der Waals surface area contributed by atoms with E-state index in [4.69, 9.17) is 9.84 Å². The maximum Gasteiger partial charge on any atom is 0.303 e. The van der Waals surface area contributed by atoms with Crippen LogP contribution in [0.2, 0.25) is 0 Å².